The molecule has 98 valence electrons. The minimum absolute atomic E-state index is 0.429. The molecule has 0 saturated heterocycles. The number of nitrogen functional groups attached to an aromatic ring is 1. The fourth-order valence-corrected chi connectivity index (χ4v) is 1.76. The second kappa shape index (κ2) is 5.44. The summed E-state index contributed by atoms with van der Waals surface area (Å²) >= 11 is 0. The number of benzene rings is 2. The van der Waals surface area contributed by atoms with Crippen molar-refractivity contribution in [3.05, 3.63) is 59.2 Å². The molecule has 0 bridgehead atoms. The van der Waals surface area contributed by atoms with Crippen LogP contribution in [-0.4, -0.2) is 5.91 Å². The first-order chi connectivity index (χ1) is 9.06. The van der Waals surface area contributed by atoms with E-state index in [0.29, 0.717) is 12.2 Å². The van der Waals surface area contributed by atoms with Crippen molar-refractivity contribution in [3.8, 4) is 5.75 Å². The van der Waals surface area contributed by atoms with Crippen LogP contribution in [0.4, 0.5) is 5.69 Å². The zero-order valence-electron chi connectivity index (χ0n) is 10.7. The Labute approximate surface area is 112 Å². The van der Waals surface area contributed by atoms with E-state index in [-0.39, 0.29) is 0 Å². The molecule has 4 heteroatoms. The minimum Gasteiger partial charge on any atom is -0.489 e. The van der Waals surface area contributed by atoms with Crippen LogP contribution in [0.1, 0.15) is 21.5 Å². The molecule has 2 rings (SSSR count). The number of nitrogens with two attached hydrogens (primary N) is 2. The van der Waals surface area contributed by atoms with Gasteiger partial charge in [-0.15, -0.1) is 0 Å². The lowest BCUT2D eigenvalue weighted by atomic mass is 10.1. The smallest absolute Gasteiger partial charge is 0.248 e. The summed E-state index contributed by atoms with van der Waals surface area (Å²) in [6, 6.07) is 12.6. The Morgan fingerprint density at radius 2 is 1.84 bits per heavy atom. The third-order valence-electron chi connectivity index (χ3n) is 2.83. The average molecular weight is 256 g/mol. The number of hydrogen-bond acceptors (Lipinski definition) is 3. The molecule has 2 aromatic rings. The fraction of sp³-hybridized carbons (Fsp3) is 0.133. The first kappa shape index (κ1) is 13.0. The second-order valence-corrected chi connectivity index (χ2v) is 4.37. The predicted molar refractivity (Wildman–Crippen MR) is 74.9 cm³/mol. The maximum atomic E-state index is 10.9. The molecule has 0 atom stereocenters. The molecule has 0 unspecified atom stereocenters. The minimum atomic E-state index is -0.429. The molecule has 0 aliphatic carbocycles. The van der Waals surface area contributed by atoms with E-state index in [1.165, 1.54) is 0 Å². The topological polar surface area (TPSA) is 78.3 Å². The van der Waals surface area contributed by atoms with E-state index in [9.17, 15) is 4.79 Å². The van der Waals surface area contributed by atoms with Gasteiger partial charge in [0, 0.05) is 11.3 Å². The number of ether oxygens (including phenoxy) is 1. The maximum Gasteiger partial charge on any atom is 0.248 e. The lowest BCUT2D eigenvalue weighted by Crippen LogP contribution is -2.10. The van der Waals surface area contributed by atoms with E-state index < -0.39 is 5.91 Å². The number of carbonyl (C=O) groups is 1. The summed E-state index contributed by atoms with van der Waals surface area (Å²) in [5, 5.41) is 0. The Hall–Kier alpha value is -2.49. The van der Waals surface area contributed by atoms with Crippen molar-refractivity contribution in [2.45, 2.75) is 13.5 Å². The van der Waals surface area contributed by atoms with Crippen molar-refractivity contribution in [3.63, 3.8) is 0 Å². The summed E-state index contributed by atoms with van der Waals surface area (Å²) < 4.78 is 5.71. The number of amides is 1. The van der Waals surface area contributed by atoms with Gasteiger partial charge in [0.05, 0.1) is 0 Å². The van der Waals surface area contributed by atoms with Gasteiger partial charge in [-0.05, 0) is 48.4 Å². The Morgan fingerprint density at radius 1 is 1.16 bits per heavy atom. The molecule has 0 aliphatic heterocycles. The van der Waals surface area contributed by atoms with Crippen LogP contribution >= 0.6 is 0 Å². The quantitative estimate of drug-likeness (QED) is 0.823. The maximum absolute atomic E-state index is 10.9. The van der Waals surface area contributed by atoms with Gasteiger partial charge in [0.25, 0.3) is 0 Å². The standard InChI is InChI=1S/C15H16N2O2/c1-10-8-13(16)6-7-14(10)19-9-11-2-4-12(5-3-11)15(17)18/h2-8H,9,16H2,1H3,(H2,17,18). The highest BCUT2D eigenvalue weighted by molar-refractivity contribution is 5.92. The predicted octanol–water partition coefficient (Wildman–Crippen LogP) is 2.26. The van der Waals surface area contributed by atoms with Crippen molar-refractivity contribution < 1.29 is 9.53 Å². The van der Waals surface area contributed by atoms with E-state index in [0.717, 1.165) is 22.6 Å². The molecule has 0 spiro atoms. The number of aryl methyl sites for hydroxylation is 1. The van der Waals surface area contributed by atoms with Crippen molar-refractivity contribution >= 4 is 11.6 Å². The van der Waals surface area contributed by atoms with Gasteiger partial charge in [-0.1, -0.05) is 12.1 Å². The molecular formula is C15H16N2O2. The number of anilines is 1. The van der Waals surface area contributed by atoms with E-state index in [1.54, 1.807) is 18.2 Å². The van der Waals surface area contributed by atoms with E-state index in [4.69, 9.17) is 16.2 Å². The molecule has 0 radical (unpaired) electrons. The highest BCUT2D eigenvalue weighted by Gasteiger charge is 2.02. The van der Waals surface area contributed by atoms with Crippen molar-refractivity contribution in [1.82, 2.24) is 0 Å². The van der Waals surface area contributed by atoms with Gasteiger partial charge in [0.1, 0.15) is 12.4 Å². The van der Waals surface area contributed by atoms with Crippen molar-refractivity contribution in [1.29, 1.82) is 0 Å². The van der Waals surface area contributed by atoms with Gasteiger partial charge < -0.3 is 16.2 Å². The Kier molecular flexibility index (Phi) is 3.71. The first-order valence-corrected chi connectivity index (χ1v) is 5.94. The van der Waals surface area contributed by atoms with Gasteiger partial charge >= 0.3 is 0 Å². The zero-order chi connectivity index (χ0) is 13.8. The zero-order valence-corrected chi connectivity index (χ0v) is 10.7. The molecule has 0 saturated carbocycles. The van der Waals surface area contributed by atoms with Crippen LogP contribution in [0.5, 0.6) is 5.75 Å². The molecule has 4 N–H and O–H groups in total. The SMILES string of the molecule is Cc1cc(N)ccc1OCc1ccc(C(N)=O)cc1. The summed E-state index contributed by atoms with van der Waals surface area (Å²) in [6.45, 7) is 2.38. The number of hydrogen-bond donors (Lipinski definition) is 2. The molecule has 0 aliphatic rings. The first-order valence-electron chi connectivity index (χ1n) is 5.94. The third-order valence-corrected chi connectivity index (χ3v) is 2.83. The summed E-state index contributed by atoms with van der Waals surface area (Å²) in [5.74, 6) is 0.370. The van der Waals surface area contributed by atoms with Crippen LogP contribution in [0.15, 0.2) is 42.5 Å². The fourth-order valence-electron chi connectivity index (χ4n) is 1.76. The lowest BCUT2D eigenvalue weighted by Gasteiger charge is -2.10. The van der Waals surface area contributed by atoms with Gasteiger partial charge in [0.2, 0.25) is 5.91 Å². The number of carbonyl (C=O) groups excluding carboxylic acids is 1. The summed E-state index contributed by atoms with van der Waals surface area (Å²) in [5.41, 5.74) is 14.0. The van der Waals surface area contributed by atoms with Crippen LogP contribution in [-0.2, 0) is 6.61 Å². The molecule has 4 nitrogen and oxygen atoms in total. The number of rotatable bonds is 4. The van der Waals surface area contributed by atoms with E-state index in [1.807, 2.05) is 31.2 Å². The molecule has 0 heterocycles. The van der Waals surface area contributed by atoms with Gasteiger partial charge in [-0.25, -0.2) is 0 Å². The van der Waals surface area contributed by atoms with E-state index in [2.05, 4.69) is 0 Å². The summed E-state index contributed by atoms with van der Waals surface area (Å²) in [7, 11) is 0. The Morgan fingerprint density at radius 3 is 2.42 bits per heavy atom. The molecule has 2 aromatic carbocycles. The highest BCUT2D eigenvalue weighted by Crippen LogP contribution is 2.21. The Bertz CT molecular complexity index is 592. The third kappa shape index (κ3) is 3.25. The molecule has 1 amide bonds. The molecule has 0 fully saturated rings. The van der Waals surface area contributed by atoms with Gasteiger partial charge in [-0.2, -0.15) is 0 Å². The average Bonchev–Trinajstić information content (AvgIpc) is 2.38. The summed E-state index contributed by atoms with van der Waals surface area (Å²) in [4.78, 5) is 10.9. The molecular weight excluding hydrogens is 240 g/mol. The van der Waals surface area contributed by atoms with Crippen LogP contribution in [0.25, 0.3) is 0 Å². The summed E-state index contributed by atoms with van der Waals surface area (Å²) in [6.07, 6.45) is 0. The lowest BCUT2D eigenvalue weighted by molar-refractivity contribution is 0.1000. The van der Waals surface area contributed by atoms with Crippen molar-refractivity contribution in [2.75, 3.05) is 5.73 Å². The largest absolute Gasteiger partial charge is 0.489 e. The Balaban J connectivity index is 2.04. The second-order valence-electron chi connectivity index (χ2n) is 4.37. The van der Waals surface area contributed by atoms with Crippen LogP contribution in [0.2, 0.25) is 0 Å². The van der Waals surface area contributed by atoms with Gasteiger partial charge in [-0.3, -0.25) is 4.79 Å². The van der Waals surface area contributed by atoms with Crippen LogP contribution in [0.3, 0.4) is 0 Å². The molecule has 0 aromatic heterocycles. The van der Waals surface area contributed by atoms with E-state index >= 15 is 0 Å². The number of primary amides is 1. The van der Waals surface area contributed by atoms with Crippen LogP contribution in [0, 0.1) is 6.92 Å². The normalized spacial score (nSPS) is 10.2. The monoisotopic (exact) mass is 256 g/mol. The van der Waals surface area contributed by atoms with Crippen LogP contribution < -0.4 is 16.2 Å². The highest BCUT2D eigenvalue weighted by atomic mass is 16.5. The molecule has 19 heavy (non-hydrogen) atoms. The van der Waals surface area contributed by atoms with Gasteiger partial charge in [0.15, 0.2) is 0 Å². The van der Waals surface area contributed by atoms with Crippen molar-refractivity contribution in [2.24, 2.45) is 5.73 Å².